The fourth-order valence-corrected chi connectivity index (χ4v) is 2.26. The van der Waals surface area contributed by atoms with Crippen LogP contribution in [0.4, 0.5) is 0 Å². The molecule has 148 valence electrons. The first-order valence-corrected chi connectivity index (χ1v) is 9.75. The summed E-state index contributed by atoms with van der Waals surface area (Å²) in [5.74, 6) is -0.945. The maximum absolute atomic E-state index is 11.8. The molecule has 0 aromatic heterocycles. The van der Waals surface area contributed by atoms with Gasteiger partial charge in [0, 0.05) is 19.3 Å². The van der Waals surface area contributed by atoms with Crippen molar-refractivity contribution in [3.8, 4) is 0 Å². The highest BCUT2D eigenvalue weighted by Crippen LogP contribution is 2.06. The van der Waals surface area contributed by atoms with Crippen LogP contribution in [-0.4, -0.2) is 41.9 Å². The molecule has 1 amide bonds. The van der Waals surface area contributed by atoms with E-state index in [0.29, 0.717) is 32.1 Å². The number of hydrogen-bond donors (Lipinski definition) is 3. The molecule has 0 heterocycles. The highest BCUT2D eigenvalue weighted by atomic mass is 16.4. The Morgan fingerprint density at radius 3 is 2.12 bits per heavy atom. The van der Waals surface area contributed by atoms with E-state index in [1.54, 1.807) is 0 Å². The minimum Gasteiger partial charge on any atom is -0.480 e. The lowest BCUT2D eigenvalue weighted by atomic mass is 10.1. The summed E-state index contributed by atoms with van der Waals surface area (Å²) in [6.07, 6.45) is 5.89. The zero-order valence-electron chi connectivity index (χ0n) is 16.5. The molecule has 6 nitrogen and oxygen atoms in total. The number of Topliss-reactive ketones (excluding diaryl/α,β-unsaturated/α-hetero) is 1. The van der Waals surface area contributed by atoms with Crippen LogP contribution in [0.1, 0.15) is 85.5 Å². The van der Waals surface area contributed by atoms with Gasteiger partial charge < -0.3 is 15.7 Å². The minimum atomic E-state index is -0.977. The van der Waals surface area contributed by atoms with Gasteiger partial charge in [0.1, 0.15) is 11.8 Å². The Kier molecular flexibility index (Phi) is 19.5. The summed E-state index contributed by atoms with van der Waals surface area (Å²) in [7, 11) is 0. The third-order valence-corrected chi connectivity index (χ3v) is 3.73. The second-order valence-electron chi connectivity index (χ2n) is 5.76. The summed E-state index contributed by atoms with van der Waals surface area (Å²) in [6, 6.07) is -0.800. The predicted octanol–water partition coefficient (Wildman–Crippen LogP) is 3.29. The van der Waals surface area contributed by atoms with Gasteiger partial charge in [-0.05, 0) is 45.2 Å². The summed E-state index contributed by atoms with van der Waals surface area (Å²) in [6.45, 7) is 9.65. The number of carboxylic acids is 1. The number of rotatable bonds is 15. The van der Waals surface area contributed by atoms with Crippen LogP contribution in [0.2, 0.25) is 0 Å². The molecule has 0 aliphatic carbocycles. The van der Waals surface area contributed by atoms with Crippen molar-refractivity contribution in [2.45, 2.75) is 91.5 Å². The molecule has 6 heteroatoms. The zero-order chi connectivity index (χ0) is 19.5. The van der Waals surface area contributed by atoms with E-state index in [0.717, 1.165) is 38.8 Å². The van der Waals surface area contributed by atoms with Crippen molar-refractivity contribution in [1.82, 2.24) is 10.6 Å². The normalized spacial score (nSPS) is 11.2. The molecule has 0 aliphatic heterocycles. The van der Waals surface area contributed by atoms with Gasteiger partial charge in [0.05, 0.1) is 0 Å². The second kappa shape index (κ2) is 18.9. The Hall–Kier alpha value is -1.43. The number of aliphatic carboxylic acids is 1. The molecule has 0 saturated carbocycles. The van der Waals surface area contributed by atoms with E-state index in [1.165, 1.54) is 0 Å². The van der Waals surface area contributed by atoms with Crippen LogP contribution < -0.4 is 10.6 Å². The molecule has 0 aliphatic rings. The molecule has 0 aromatic carbocycles. The molecule has 0 radical (unpaired) electrons. The SMILES string of the molecule is CC.CCNCCCCC(NC(=O)CCCCCC(=O)CC)C(=O)O. The van der Waals surface area contributed by atoms with Gasteiger partial charge in [0.15, 0.2) is 0 Å². The standard InChI is InChI=1S/C17H32N2O4.C2H6/c1-3-14(20)10-6-5-7-12-16(21)19-15(17(22)23)11-8-9-13-18-4-2;1-2/h15,18H,3-13H2,1-2H3,(H,19,21)(H,22,23);1-2H3. The van der Waals surface area contributed by atoms with Gasteiger partial charge in [-0.1, -0.05) is 34.1 Å². The lowest BCUT2D eigenvalue weighted by Gasteiger charge is -2.14. The first kappa shape index (κ1) is 25.8. The lowest BCUT2D eigenvalue weighted by molar-refractivity contribution is -0.142. The Labute approximate surface area is 153 Å². The summed E-state index contributed by atoms with van der Waals surface area (Å²) in [5, 5.41) is 14.9. The molecular weight excluding hydrogens is 320 g/mol. The zero-order valence-corrected chi connectivity index (χ0v) is 16.5. The molecule has 25 heavy (non-hydrogen) atoms. The number of carbonyl (C=O) groups excluding carboxylic acids is 2. The second-order valence-corrected chi connectivity index (χ2v) is 5.76. The molecule has 3 N–H and O–H groups in total. The van der Waals surface area contributed by atoms with Gasteiger partial charge in [0.2, 0.25) is 5.91 Å². The van der Waals surface area contributed by atoms with E-state index < -0.39 is 12.0 Å². The lowest BCUT2D eigenvalue weighted by Crippen LogP contribution is -2.40. The quantitative estimate of drug-likeness (QED) is 0.390. The van der Waals surface area contributed by atoms with Crippen LogP contribution in [-0.2, 0) is 14.4 Å². The van der Waals surface area contributed by atoms with Crippen molar-refractivity contribution in [1.29, 1.82) is 0 Å². The first-order chi connectivity index (χ1) is 12.0. The first-order valence-electron chi connectivity index (χ1n) is 9.75. The molecular formula is C19H38N2O4. The summed E-state index contributed by atoms with van der Waals surface area (Å²) < 4.78 is 0. The fraction of sp³-hybridized carbons (Fsp3) is 0.842. The molecule has 0 rings (SSSR count). The van der Waals surface area contributed by atoms with E-state index in [2.05, 4.69) is 10.6 Å². The number of carboxylic acid groups (broad SMARTS) is 1. The van der Waals surface area contributed by atoms with Crippen LogP contribution in [0.25, 0.3) is 0 Å². The Morgan fingerprint density at radius 2 is 1.56 bits per heavy atom. The summed E-state index contributed by atoms with van der Waals surface area (Å²) in [5.41, 5.74) is 0. The van der Waals surface area contributed by atoms with E-state index in [9.17, 15) is 14.4 Å². The van der Waals surface area contributed by atoms with Crippen LogP contribution in [0, 0.1) is 0 Å². The number of carbonyl (C=O) groups is 3. The van der Waals surface area contributed by atoms with Crippen molar-refractivity contribution in [2.75, 3.05) is 13.1 Å². The third kappa shape index (κ3) is 17.2. The summed E-state index contributed by atoms with van der Waals surface area (Å²) in [4.78, 5) is 34.1. The number of hydrogen-bond acceptors (Lipinski definition) is 4. The number of unbranched alkanes of at least 4 members (excludes halogenated alkanes) is 3. The largest absolute Gasteiger partial charge is 0.480 e. The number of nitrogens with one attached hydrogen (secondary N) is 2. The Balaban J connectivity index is 0. The number of amides is 1. The van der Waals surface area contributed by atoms with Gasteiger partial charge in [-0.15, -0.1) is 0 Å². The smallest absolute Gasteiger partial charge is 0.326 e. The highest BCUT2D eigenvalue weighted by molar-refractivity contribution is 5.83. The molecule has 0 aromatic rings. The van der Waals surface area contributed by atoms with E-state index in [4.69, 9.17) is 5.11 Å². The van der Waals surface area contributed by atoms with Crippen LogP contribution in [0.5, 0.6) is 0 Å². The maximum Gasteiger partial charge on any atom is 0.326 e. The third-order valence-electron chi connectivity index (χ3n) is 3.73. The molecule has 0 bridgehead atoms. The van der Waals surface area contributed by atoms with Crippen molar-refractivity contribution < 1.29 is 19.5 Å². The summed E-state index contributed by atoms with van der Waals surface area (Å²) >= 11 is 0. The Morgan fingerprint density at radius 1 is 0.920 bits per heavy atom. The molecule has 0 saturated heterocycles. The predicted molar refractivity (Wildman–Crippen MR) is 102 cm³/mol. The van der Waals surface area contributed by atoms with Crippen LogP contribution in [0.15, 0.2) is 0 Å². The van der Waals surface area contributed by atoms with Crippen molar-refractivity contribution in [2.24, 2.45) is 0 Å². The van der Waals surface area contributed by atoms with Gasteiger partial charge >= 0.3 is 5.97 Å². The van der Waals surface area contributed by atoms with Gasteiger partial charge in [0.25, 0.3) is 0 Å². The minimum absolute atomic E-state index is 0.217. The fourth-order valence-electron chi connectivity index (χ4n) is 2.26. The van der Waals surface area contributed by atoms with Crippen molar-refractivity contribution in [3.63, 3.8) is 0 Å². The molecule has 1 atom stereocenters. The van der Waals surface area contributed by atoms with E-state index >= 15 is 0 Å². The number of ketones is 1. The monoisotopic (exact) mass is 358 g/mol. The average Bonchev–Trinajstić information content (AvgIpc) is 2.61. The maximum atomic E-state index is 11.8. The van der Waals surface area contributed by atoms with E-state index in [1.807, 2.05) is 27.7 Å². The highest BCUT2D eigenvalue weighted by Gasteiger charge is 2.18. The van der Waals surface area contributed by atoms with Crippen molar-refractivity contribution >= 4 is 17.7 Å². The van der Waals surface area contributed by atoms with Crippen molar-refractivity contribution in [3.05, 3.63) is 0 Å². The van der Waals surface area contributed by atoms with Gasteiger partial charge in [-0.3, -0.25) is 9.59 Å². The van der Waals surface area contributed by atoms with Gasteiger partial charge in [-0.25, -0.2) is 4.79 Å². The van der Waals surface area contributed by atoms with Crippen LogP contribution >= 0.6 is 0 Å². The molecule has 0 fully saturated rings. The molecule has 0 spiro atoms. The molecule has 1 unspecified atom stereocenters. The van der Waals surface area contributed by atoms with E-state index in [-0.39, 0.29) is 11.7 Å². The Bertz CT molecular complexity index is 359. The van der Waals surface area contributed by atoms with Crippen LogP contribution in [0.3, 0.4) is 0 Å². The topological polar surface area (TPSA) is 95.5 Å². The van der Waals surface area contributed by atoms with Gasteiger partial charge in [-0.2, -0.15) is 0 Å². The average molecular weight is 359 g/mol.